The Bertz CT molecular complexity index is 414. The van der Waals surface area contributed by atoms with Gasteiger partial charge in [0.2, 0.25) is 5.82 Å². The van der Waals surface area contributed by atoms with Crippen molar-refractivity contribution in [3.8, 4) is 0 Å². The summed E-state index contributed by atoms with van der Waals surface area (Å²) in [6, 6.07) is -0.233. The number of hydrogen-bond acceptors (Lipinski definition) is 5. The largest absolute Gasteiger partial charge is 0.394 e. The highest BCUT2D eigenvalue weighted by Crippen LogP contribution is 2.28. The smallest absolute Gasteiger partial charge is 0.333 e. The van der Waals surface area contributed by atoms with E-state index in [0.29, 0.717) is 11.5 Å². The van der Waals surface area contributed by atoms with Crippen LogP contribution in [0.15, 0.2) is 0 Å². The molecule has 1 atom stereocenters. The summed E-state index contributed by atoms with van der Waals surface area (Å²) in [5, 5.41) is 27.2. The van der Waals surface area contributed by atoms with Crippen molar-refractivity contribution in [2.75, 3.05) is 11.9 Å². The standard InChI is InChI=1S/C10H18N4O3/c1-6(2)8(5-15)11-10-9(14(16)17)7(3)12-13(10)4/h6,8,11,15H,5H2,1-4H3/t8-/m1/s1. The lowest BCUT2D eigenvalue weighted by Crippen LogP contribution is -2.30. The van der Waals surface area contributed by atoms with Gasteiger partial charge in [0.15, 0.2) is 0 Å². The lowest BCUT2D eigenvalue weighted by Gasteiger charge is -2.20. The number of aliphatic hydroxyl groups is 1. The molecule has 0 aliphatic rings. The first-order chi connectivity index (χ1) is 7.88. The van der Waals surface area contributed by atoms with Gasteiger partial charge in [0, 0.05) is 7.05 Å². The molecule has 0 aromatic carbocycles. The van der Waals surface area contributed by atoms with Crippen LogP contribution in [0.25, 0.3) is 0 Å². The Labute approximate surface area is 99.6 Å². The van der Waals surface area contributed by atoms with E-state index < -0.39 is 4.92 Å². The molecule has 0 radical (unpaired) electrons. The Morgan fingerprint density at radius 2 is 2.18 bits per heavy atom. The first kappa shape index (κ1) is 13.4. The number of hydrogen-bond donors (Lipinski definition) is 2. The third-order valence-electron chi connectivity index (χ3n) is 2.70. The number of nitrogens with one attached hydrogen (secondary N) is 1. The van der Waals surface area contributed by atoms with Crippen molar-refractivity contribution in [3.05, 3.63) is 15.8 Å². The van der Waals surface area contributed by atoms with Crippen LogP contribution < -0.4 is 5.32 Å². The van der Waals surface area contributed by atoms with E-state index in [4.69, 9.17) is 0 Å². The van der Waals surface area contributed by atoms with Crippen LogP contribution >= 0.6 is 0 Å². The molecule has 7 heteroatoms. The maximum atomic E-state index is 10.9. The van der Waals surface area contributed by atoms with Gasteiger partial charge in [0.25, 0.3) is 0 Å². The molecule has 1 aromatic rings. The zero-order chi connectivity index (χ0) is 13.2. The number of nitro groups is 1. The predicted octanol–water partition coefficient (Wildman–Crippen LogP) is 1.07. The van der Waals surface area contributed by atoms with Crippen molar-refractivity contribution in [3.63, 3.8) is 0 Å². The second-order valence-corrected chi connectivity index (χ2v) is 4.34. The summed E-state index contributed by atoms with van der Waals surface area (Å²) in [6.45, 7) is 5.37. The van der Waals surface area contributed by atoms with Crippen molar-refractivity contribution in [1.82, 2.24) is 9.78 Å². The highest BCUT2D eigenvalue weighted by atomic mass is 16.6. The van der Waals surface area contributed by atoms with Crippen molar-refractivity contribution in [2.45, 2.75) is 26.8 Å². The minimum atomic E-state index is -0.459. The van der Waals surface area contributed by atoms with Crippen LogP contribution in [0.4, 0.5) is 11.5 Å². The number of aryl methyl sites for hydroxylation is 2. The summed E-state index contributed by atoms with van der Waals surface area (Å²) < 4.78 is 1.43. The van der Waals surface area contributed by atoms with E-state index in [1.165, 1.54) is 4.68 Å². The van der Waals surface area contributed by atoms with E-state index in [1.54, 1.807) is 14.0 Å². The van der Waals surface area contributed by atoms with Crippen LogP contribution in [0.1, 0.15) is 19.5 Å². The molecular formula is C10H18N4O3. The number of aromatic nitrogens is 2. The SMILES string of the molecule is Cc1nn(C)c(N[C@H](CO)C(C)C)c1[N+](=O)[O-]. The highest BCUT2D eigenvalue weighted by molar-refractivity contribution is 5.59. The lowest BCUT2D eigenvalue weighted by atomic mass is 10.1. The molecule has 0 amide bonds. The zero-order valence-electron chi connectivity index (χ0n) is 10.5. The summed E-state index contributed by atoms with van der Waals surface area (Å²) >= 11 is 0. The highest BCUT2D eigenvalue weighted by Gasteiger charge is 2.26. The van der Waals surface area contributed by atoms with E-state index in [9.17, 15) is 15.2 Å². The fourth-order valence-corrected chi connectivity index (χ4v) is 1.63. The van der Waals surface area contributed by atoms with Gasteiger partial charge in [-0.25, -0.2) is 4.68 Å². The number of nitrogens with zero attached hydrogens (tertiary/aromatic N) is 3. The molecule has 0 saturated carbocycles. The van der Waals surface area contributed by atoms with E-state index in [-0.39, 0.29) is 24.3 Å². The second kappa shape index (κ2) is 5.13. The average molecular weight is 242 g/mol. The van der Waals surface area contributed by atoms with Gasteiger partial charge in [-0.15, -0.1) is 0 Å². The first-order valence-corrected chi connectivity index (χ1v) is 5.43. The summed E-state index contributed by atoms with van der Waals surface area (Å²) in [6.07, 6.45) is 0. The summed E-state index contributed by atoms with van der Waals surface area (Å²) in [5.74, 6) is 0.495. The molecule has 0 spiro atoms. The van der Waals surface area contributed by atoms with Gasteiger partial charge >= 0.3 is 5.69 Å². The van der Waals surface area contributed by atoms with Crippen LogP contribution in [0.5, 0.6) is 0 Å². The number of rotatable bonds is 5. The quantitative estimate of drug-likeness (QED) is 0.595. The Balaban J connectivity index is 3.09. The summed E-state index contributed by atoms with van der Waals surface area (Å²) in [7, 11) is 1.64. The molecule has 0 bridgehead atoms. The Morgan fingerprint density at radius 1 is 1.59 bits per heavy atom. The Kier molecular flexibility index (Phi) is 4.06. The molecule has 2 N–H and O–H groups in total. The number of aliphatic hydroxyl groups excluding tert-OH is 1. The van der Waals surface area contributed by atoms with Crippen molar-refractivity contribution < 1.29 is 10.0 Å². The van der Waals surface area contributed by atoms with Gasteiger partial charge in [-0.05, 0) is 12.8 Å². The van der Waals surface area contributed by atoms with Crippen LogP contribution in [0.2, 0.25) is 0 Å². The molecule has 1 rings (SSSR count). The molecule has 1 aromatic heterocycles. The Hall–Kier alpha value is -1.63. The predicted molar refractivity (Wildman–Crippen MR) is 63.9 cm³/mol. The van der Waals surface area contributed by atoms with Crippen LogP contribution in [0, 0.1) is 23.0 Å². The van der Waals surface area contributed by atoms with Crippen LogP contribution in [-0.2, 0) is 7.05 Å². The van der Waals surface area contributed by atoms with Crippen molar-refractivity contribution >= 4 is 11.5 Å². The van der Waals surface area contributed by atoms with Crippen molar-refractivity contribution in [1.29, 1.82) is 0 Å². The molecule has 17 heavy (non-hydrogen) atoms. The summed E-state index contributed by atoms with van der Waals surface area (Å²) in [4.78, 5) is 10.5. The van der Waals surface area contributed by atoms with E-state index in [2.05, 4.69) is 10.4 Å². The maximum Gasteiger partial charge on any atom is 0.333 e. The monoisotopic (exact) mass is 242 g/mol. The number of anilines is 1. The lowest BCUT2D eigenvalue weighted by molar-refractivity contribution is -0.384. The van der Waals surface area contributed by atoms with Gasteiger partial charge in [0.1, 0.15) is 5.69 Å². The van der Waals surface area contributed by atoms with Crippen LogP contribution in [-0.4, -0.2) is 32.5 Å². The van der Waals surface area contributed by atoms with Gasteiger partial charge in [-0.1, -0.05) is 13.8 Å². The molecule has 0 unspecified atom stereocenters. The fourth-order valence-electron chi connectivity index (χ4n) is 1.63. The topological polar surface area (TPSA) is 93.2 Å². The van der Waals surface area contributed by atoms with Gasteiger partial charge in [0.05, 0.1) is 17.6 Å². The third kappa shape index (κ3) is 2.73. The van der Waals surface area contributed by atoms with E-state index in [1.807, 2.05) is 13.8 Å². The molecule has 0 saturated heterocycles. The molecule has 7 nitrogen and oxygen atoms in total. The molecular weight excluding hydrogens is 224 g/mol. The second-order valence-electron chi connectivity index (χ2n) is 4.34. The normalized spacial score (nSPS) is 12.8. The van der Waals surface area contributed by atoms with E-state index >= 15 is 0 Å². The summed E-state index contributed by atoms with van der Waals surface area (Å²) in [5.41, 5.74) is 0.326. The molecule has 0 fully saturated rings. The minimum Gasteiger partial charge on any atom is -0.394 e. The fraction of sp³-hybridized carbons (Fsp3) is 0.700. The third-order valence-corrected chi connectivity index (χ3v) is 2.70. The molecule has 1 heterocycles. The van der Waals surface area contributed by atoms with E-state index in [0.717, 1.165) is 0 Å². The Morgan fingerprint density at radius 3 is 2.59 bits per heavy atom. The van der Waals surface area contributed by atoms with Gasteiger partial charge < -0.3 is 10.4 Å². The average Bonchev–Trinajstić information content (AvgIpc) is 2.49. The molecule has 0 aliphatic carbocycles. The van der Waals surface area contributed by atoms with Gasteiger partial charge in [-0.2, -0.15) is 5.10 Å². The van der Waals surface area contributed by atoms with Crippen LogP contribution in [0.3, 0.4) is 0 Å². The minimum absolute atomic E-state index is 0.0356. The van der Waals surface area contributed by atoms with Crippen molar-refractivity contribution in [2.24, 2.45) is 13.0 Å². The van der Waals surface area contributed by atoms with Gasteiger partial charge in [-0.3, -0.25) is 10.1 Å². The molecule has 0 aliphatic heterocycles. The first-order valence-electron chi connectivity index (χ1n) is 5.43. The zero-order valence-corrected chi connectivity index (χ0v) is 10.5. The maximum absolute atomic E-state index is 10.9. The molecule has 96 valence electrons.